The summed E-state index contributed by atoms with van der Waals surface area (Å²) in [6.07, 6.45) is 1.49. The number of pyridine rings is 1. The molecular weight excluding hydrogens is 190 g/mol. The number of nitrogens with zero attached hydrogens (tertiary/aromatic N) is 1. The van der Waals surface area contributed by atoms with Gasteiger partial charge in [0.15, 0.2) is 6.29 Å². The highest BCUT2D eigenvalue weighted by atomic mass is 35.5. The molecule has 70 valence electrons. The third-order valence-corrected chi connectivity index (χ3v) is 2.15. The highest BCUT2D eigenvalue weighted by molar-refractivity contribution is 6.16. The zero-order valence-corrected chi connectivity index (χ0v) is 7.83. The fourth-order valence-corrected chi connectivity index (χ4v) is 1.41. The number of halogens is 1. The number of hydrogen-bond acceptors (Lipinski definition) is 3. The van der Waals surface area contributed by atoms with Crippen LogP contribution in [0.4, 0.5) is 0 Å². The Labute approximate surface area is 81.6 Å². The fourth-order valence-electron chi connectivity index (χ4n) is 1.27. The minimum absolute atomic E-state index is 0.232. The lowest BCUT2D eigenvalue weighted by molar-refractivity contribution is -0.0442. The molecule has 3 nitrogen and oxygen atoms in total. The van der Waals surface area contributed by atoms with Crippen molar-refractivity contribution in [2.75, 3.05) is 13.2 Å². The zero-order valence-electron chi connectivity index (χ0n) is 7.07. The van der Waals surface area contributed by atoms with E-state index < -0.39 is 0 Å². The Hall–Kier alpha value is -0.640. The highest BCUT2D eigenvalue weighted by Gasteiger charge is 2.18. The van der Waals surface area contributed by atoms with Gasteiger partial charge in [0, 0.05) is 11.8 Å². The second-order valence-electron chi connectivity index (χ2n) is 2.79. The van der Waals surface area contributed by atoms with Gasteiger partial charge in [-0.05, 0) is 12.1 Å². The summed E-state index contributed by atoms with van der Waals surface area (Å²) in [6.45, 7) is 1.31. The van der Waals surface area contributed by atoms with E-state index in [1.807, 2.05) is 12.1 Å². The van der Waals surface area contributed by atoms with Crippen LogP contribution in [0.15, 0.2) is 18.3 Å². The standard InChI is InChI=1S/C9H10ClNO2/c10-6-8-5-7(1-2-11-8)9-12-3-4-13-9/h1-2,5,9H,3-4,6H2. The first kappa shape index (κ1) is 8.94. The molecule has 1 aliphatic rings. The van der Waals surface area contributed by atoms with Crippen molar-refractivity contribution in [2.24, 2.45) is 0 Å². The third kappa shape index (κ3) is 1.99. The maximum Gasteiger partial charge on any atom is 0.184 e. The lowest BCUT2D eigenvalue weighted by Crippen LogP contribution is -1.99. The predicted molar refractivity (Wildman–Crippen MR) is 48.4 cm³/mol. The van der Waals surface area contributed by atoms with Crippen LogP contribution in [0, 0.1) is 0 Å². The lowest BCUT2D eigenvalue weighted by atomic mass is 10.2. The minimum Gasteiger partial charge on any atom is -0.346 e. The Morgan fingerprint density at radius 2 is 2.23 bits per heavy atom. The molecule has 0 radical (unpaired) electrons. The predicted octanol–water partition coefficient (Wildman–Crippen LogP) is 1.87. The summed E-state index contributed by atoms with van der Waals surface area (Å²) in [5.74, 6) is 0.417. The Balaban J connectivity index is 2.18. The smallest absolute Gasteiger partial charge is 0.184 e. The SMILES string of the molecule is ClCc1cc(C2OCCO2)ccn1. The second kappa shape index (κ2) is 4.05. The fraction of sp³-hybridized carbons (Fsp3) is 0.444. The van der Waals surface area contributed by atoms with Crippen molar-refractivity contribution >= 4 is 11.6 Å². The summed E-state index contributed by atoms with van der Waals surface area (Å²) in [4.78, 5) is 4.09. The first-order valence-electron chi connectivity index (χ1n) is 4.14. The van der Waals surface area contributed by atoms with Crippen molar-refractivity contribution in [1.82, 2.24) is 4.98 Å². The van der Waals surface area contributed by atoms with Crippen molar-refractivity contribution in [3.05, 3.63) is 29.6 Å². The van der Waals surface area contributed by atoms with Crippen LogP contribution < -0.4 is 0 Å². The average Bonchev–Trinajstić information content (AvgIpc) is 2.71. The zero-order chi connectivity index (χ0) is 9.10. The van der Waals surface area contributed by atoms with Crippen LogP contribution >= 0.6 is 11.6 Å². The Morgan fingerprint density at radius 3 is 2.92 bits per heavy atom. The molecule has 1 aliphatic heterocycles. The van der Waals surface area contributed by atoms with Crippen LogP contribution in [0.1, 0.15) is 17.5 Å². The van der Waals surface area contributed by atoms with Gasteiger partial charge in [-0.3, -0.25) is 4.98 Å². The summed E-state index contributed by atoms with van der Waals surface area (Å²) in [7, 11) is 0. The van der Waals surface area contributed by atoms with Crippen LogP contribution in [0.2, 0.25) is 0 Å². The molecule has 0 atom stereocenters. The second-order valence-corrected chi connectivity index (χ2v) is 3.05. The molecule has 0 amide bonds. The van der Waals surface area contributed by atoms with E-state index in [0.29, 0.717) is 19.1 Å². The number of aromatic nitrogens is 1. The van der Waals surface area contributed by atoms with E-state index in [2.05, 4.69) is 4.98 Å². The Bertz CT molecular complexity index is 287. The third-order valence-electron chi connectivity index (χ3n) is 1.87. The summed E-state index contributed by atoms with van der Waals surface area (Å²) >= 11 is 5.66. The molecule has 0 saturated carbocycles. The van der Waals surface area contributed by atoms with Crippen molar-refractivity contribution in [3.8, 4) is 0 Å². The molecule has 2 rings (SSSR count). The number of alkyl halides is 1. The van der Waals surface area contributed by atoms with Gasteiger partial charge in [0.25, 0.3) is 0 Å². The van der Waals surface area contributed by atoms with Gasteiger partial charge in [0.05, 0.1) is 24.8 Å². The summed E-state index contributed by atoms with van der Waals surface area (Å²) < 4.78 is 10.7. The Morgan fingerprint density at radius 1 is 1.46 bits per heavy atom. The number of hydrogen-bond donors (Lipinski definition) is 0. The van der Waals surface area contributed by atoms with Crippen LogP contribution in [0.3, 0.4) is 0 Å². The van der Waals surface area contributed by atoms with Gasteiger partial charge in [-0.25, -0.2) is 0 Å². The molecule has 1 fully saturated rings. The van der Waals surface area contributed by atoms with E-state index in [4.69, 9.17) is 21.1 Å². The monoisotopic (exact) mass is 199 g/mol. The molecule has 1 saturated heterocycles. The van der Waals surface area contributed by atoms with Crippen LogP contribution in [0.25, 0.3) is 0 Å². The van der Waals surface area contributed by atoms with E-state index in [0.717, 1.165) is 11.3 Å². The van der Waals surface area contributed by atoms with Crippen LogP contribution in [0.5, 0.6) is 0 Å². The highest BCUT2D eigenvalue weighted by Crippen LogP contribution is 2.23. The summed E-state index contributed by atoms with van der Waals surface area (Å²) in [5.41, 5.74) is 1.83. The van der Waals surface area contributed by atoms with Crippen LogP contribution in [-0.2, 0) is 15.4 Å². The van der Waals surface area contributed by atoms with Gasteiger partial charge >= 0.3 is 0 Å². The van der Waals surface area contributed by atoms with E-state index in [1.165, 1.54) is 0 Å². The van der Waals surface area contributed by atoms with Crippen molar-refractivity contribution < 1.29 is 9.47 Å². The molecule has 0 spiro atoms. The van der Waals surface area contributed by atoms with Crippen molar-refractivity contribution in [3.63, 3.8) is 0 Å². The van der Waals surface area contributed by atoms with E-state index >= 15 is 0 Å². The van der Waals surface area contributed by atoms with Gasteiger partial charge in [-0.2, -0.15) is 0 Å². The molecule has 4 heteroatoms. The minimum atomic E-state index is -0.232. The maximum absolute atomic E-state index is 5.66. The topological polar surface area (TPSA) is 31.4 Å². The first-order valence-corrected chi connectivity index (χ1v) is 4.67. The van der Waals surface area contributed by atoms with Gasteiger partial charge < -0.3 is 9.47 Å². The average molecular weight is 200 g/mol. The molecule has 0 unspecified atom stereocenters. The molecule has 0 bridgehead atoms. The molecule has 1 aromatic rings. The molecule has 1 aromatic heterocycles. The van der Waals surface area contributed by atoms with Gasteiger partial charge in [0.2, 0.25) is 0 Å². The van der Waals surface area contributed by atoms with Gasteiger partial charge in [-0.1, -0.05) is 0 Å². The normalized spacial score (nSPS) is 17.9. The molecule has 0 aliphatic carbocycles. The van der Waals surface area contributed by atoms with Crippen molar-refractivity contribution in [2.45, 2.75) is 12.2 Å². The summed E-state index contributed by atoms with van der Waals surface area (Å²) in [6, 6.07) is 3.79. The Kier molecular flexibility index (Phi) is 2.78. The molecule has 2 heterocycles. The van der Waals surface area contributed by atoms with Gasteiger partial charge in [-0.15, -0.1) is 11.6 Å². The van der Waals surface area contributed by atoms with Gasteiger partial charge in [0.1, 0.15) is 0 Å². The van der Waals surface area contributed by atoms with E-state index in [9.17, 15) is 0 Å². The number of ether oxygens (including phenoxy) is 2. The maximum atomic E-state index is 5.66. The van der Waals surface area contributed by atoms with Crippen molar-refractivity contribution in [1.29, 1.82) is 0 Å². The molecule has 0 aromatic carbocycles. The lowest BCUT2D eigenvalue weighted by Gasteiger charge is -2.09. The largest absolute Gasteiger partial charge is 0.346 e. The van der Waals surface area contributed by atoms with Crippen LogP contribution in [-0.4, -0.2) is 18.2 Å². The van der Waals surface area contributed by atoms with E-state index in [-0.39, 0.29) is 6.29 Å². The molecule has 0 N–H and O–H groups in total. The first-order chi connectivity index (χ1) is 6.40. The summed E-state index contributed by atoms with van der Waals surface area (Å²) in [5, 5.41) is 0. The molecule has 13 heavy (non-hydrogen) atoms. The molecular formula is C9H10ClNO2. The number of rotatable bonds is 2. The quantitative estimate of drug-likeness (QED) is 0.682. The van der Waals surface area contributed by atoms with E-state index in [1.54, 1.807) is 6.20 Å².